The molecule has 0 radical (unpaired) electrons. The lowest BCUT2D eigenvalue weighted by atomic mass is 9.95. The van der Waals surface area contributed by atoms with Crippen molar-refractivity contribution >= 4 is 12.0 Å². The van der Waals surface area contributed by atoms with E-state index in [2.05, 4.69) is 5.32 Å². The highest BCUT2D eigenvalue weighted by Gasteiger charge is 2.46. The number of carbonyl (C=O) groups excluding carboxylic acids is 1. The summed E-state index contributed by atoms with van der Waals surface area (Å²) in [6.07, 6.45) is -5.27. The van der Waals surface area contributed by atoms with Crippen molar-refractivity contribution < 1.29 is 34.7 Å². The largest absolute Gasteiger partial charge is 0.388 e. The van der Waals surface area contributed by atoms with E-state index in [-0.39, 0.29) is 6.54 Å². The zero-order valence-corrected chi connectivity index (χ0v) is 13.7. The van der Waals surface area contributed by atoms with Crippen molar-refractivity contribution in [2.45, 2.75) is 36.8 Å². The third-order valence-corrected chi connectivity index (χ3v) is 3.93. The van der Waals surface area contributed by atoms with Crippen molar-refractivity contribution in [2.75, 3.05) is 13.7 Å². The Labute approximate surface area is 145 Å². The number of rotatable bonds is 6. The molecule has 1 aromatic rings. The van der Waals surface area contributed by atoms with Crippen LogP contribution >= 0.6 is 0 Å². The Morgan fingerprint density at radius 1 is 1.24 bits per heavy atom. The Hall–Kier alpha value is -1.81. The first-order valence-corrected chi connectivity index (χ1v) is 7.85. The summed E-state index contributed by atoms with van der Waals surface area (Å²) in [6.45, 7) is -0.209. The van der Waals surface area contributed by atoms with E-state index < -0.39 is 42.7 Å². The average Bonchev–Trinajstić information content (AvgIpc) is 2.63. The van der Waals surface area contributed by atoms with Crippen molar-refractivity contribution in [1.82, 2.24) is 5.32 Å². The van der Waals surface area contributed by atoms with Crippen LogP contribution in [-0.4, -0.2) is 76.8 Å². The summed E-state index contributed by atoms with van der Waals surface area (Å²) in [6, 6.07) is 9.22. The minimum atomic E-state index is -1.54. The highest BCUT2D eigenvalue weighted by atomic mass is 16.7. The molecule has 2 rings (SSSR count). The molecule has 138 valence electrons. The van der Waals surface area contributed by atoms with E-state index in [0.29, 0.717) is 0 Å². The Balaban J connectivity index is 1.87. The van der Waals surface area contributed by atoms with Gasteiger partial charge in [0.2, 0.25) is 5.91 Å². The maximum absolute atomic E-state index is 11.8. The van der Waals surface area contributed by atoms with Gasteiger partial charge in [0.15, 0.2) is 6.29 Å². The van der Waals surface area contributed by atoms with Crippen LogP contribution in [0.3, 0.4) is 0 Å². The van der Waals surface area contributed by atoms with Crippen LogP contribution in [0.2, 0.25) is 0 Å². The standard InChI is InChI=1S/C17H23NO7/c1-24-17-15(23)13(21)14(22)16(25-17)11(19)9-18-12(20)8-7-10-5-3-2-4-6-10/h2-8,11,13-17,19,21-23H,9H2,1H3,(H,18,20)/b8-7+/t11-,13+,14+,15+,16-,17+/m0/s1. The normalized spacial score (nSPS) is 31.0. The summed E-state index contributed by atoms with van der Waals surface area (Å²) < 4.78 is 10.1. The lowest BCUT2D eigenvalue weighted by Crippen LogP contribution is -2.62. The van der Waals surface area contributed by atoms with Gasteiger partial charge in [0.25, 0.3) is 0 Å². The van der Waals surface area contributed by atoms with E-state index >= 15 is 0 Å². The number of amides is 1. The Morgan fingerprint density at radius 2 is 1.92 bits per heavy atom. The van der Waals surface area contributed by atoms with Crippen LogP contribution in [0, 0.1) is 0 Å². The van der Waals surface area contributed by atoms with E-state index in [4.69, 9.17) is 9.47 Å². The Kier molecular flexibility index (Phi) is 7.06. The van der Waals surface area contributed by atoms with E-state index in [1.807, 2.05) is 30.3 Å². The van der Waals surface area contributed by atoms with Crippen LogP contribution in [-0.2, 0) is 14.3 Å². The highest BCUT2D eigenvalue weighted by molar-refractivity contribution is 5.91. The number of ether oxygens (including phenoxy) is 2. The molecular formula is C17H23NO7. The zero-order chi connectivity index (χ0) is 18.4. The SMILES string of the molecule is CO[C@@H]1O[C@@H]([C@@H](O)CNC(=O)/C=C/c2ccccc2)[C@H](O)[C@@H](O)[C@H]1O. The number of hydrogen-bond acceptors (Lipinski definition) is 7. The van der Waals surface area contributed by atoms with Gasteiger partial charge >= 0.3 is 0 Å². The van der Waals surface area contributed by atoms with Gasteiger partial charge in [0.1, 0.15) is 30.5 Å². The van der Waals surface area contributed by atoms with Gasteiger partial charge in [-0.15, -0.1) is 0 Å². The summed E-state index contributed by atoms with van der Waals surface area (Å²) in [5.41, 5.74) is 0.851. The molecule has 1 aliphatic heterocycles. The van der Waals surface area contributed by atoms with Gasteiger partial charge in [0, 0.05) is 19.7 Å². The van der Waals surface area contributed by atoms with Gasteiger partial charge in [-0.25, -0.2) is 0 Å². The quantitative estimate of drug-likeness (QED) is 0.399. The summed E-state index contributed by atoms with van der Waals surface area (Å²) >= 11 is 0. The van der Waals surface area contributed by atoms with E-state index in [1.165, 1.54) is 13.2 Å². The molecule has 0 aromatic heterocycles. The number of nitrogens with one attached hydrogen (secondary N) is 1. The zero-order valence-electron chi connectivity index (χ0n) is 13.7. The Bertz CT molecular complexity index is 578. The van der Waals surface area contributed by atoms with Crippen molar-refractivity contribution in [3.8, 4) is 0 Å². The fraction of sp³-hybridized carbons (Fsp3) is 0.471. The molecule has 5 N–H and O–H groups in total. The molecule has 1 heterocycles. The maximum atomic E-state index is 11.8. The highest BCUT2D eigenvalue weighted by Crippen LogP contribution is 2.23. The predicted molar refractivity (Wildman–Crippen MR) is 88.2 cm³/mol. The molecule has 0 unspecified atom stereocenters. The predicted octanol–water partition coefficient (Wildman–Crippen LogP) is -1.37. The first-order valence-electron chi connectivity index (χ1n) is 7.85. The molecule has 0 aliphatic carbocycles. The lowest BCUT2D eigenvalue weighted by Gasteiger charge is -2.41. The number of methoxy groups -OCH3 is 1. The molecule has 0 spiro atoms. The third kappa shape index (κ3) is 5.08. The maximum Gasteiger partial charge on any atom is 0.244 e. The van der Waals surface area contributed by atoms with Gasteiger partial charge in [-0.2, -0.15) is 0 Å². The van der Waals surface area contributed by atoms with E-state index in [0.717, 1.165) is 5.56 Å². The molecule has 6 atom stereocenters. The monoisotopic (exact) mass is 353 g/mol. The summed E-state index contributed by atoms with van der Waals surface area (Å²) in [7, 11) is 1.26. The molecule has 0 bridgehead atoms. The van der Waals surface area contributed by atoms with E-state index in [1.54, 1.807) is 6.08 Å². The molecule has 1 saturated heterocycles. The summed E-state index contributed by atoms with van der Waals surface area (Å²) in [4.78, 5) is 11.8. The fourth-order valence-corrected chi connectivity index (χ4v) is 2.50. The van der Waals surface area contributed by atoms with Crippen molar-refractivity contribution in [1.29, 1.82) is 0 Å². The van der Waals surface area contributed by atoms with Crippen LogP contribution in [0.15, 0.2) is 36.4 Å². The van der Waals surface area contributed by atoms with Crippen molar-refractivity contribution in [3.63, 3.8) is 0 Å². The molecule has 25 heavy (non-hydrogen) atoms. The van der Waals surface area contributed by atoms with Gasteiger partial charge in [0.05, 0.1) is 0 Å². The molecular weight excluding hydrogens is 330 g/mol. The van der Waals surface area contributed by atoms with Crippen molar-refractivity contribution in [2.24, 2.45) is 0 Å². The molecule has 1 fully saturated rings. The first-order chi connectivity index (χ1) is 11.9. The third-order valence-electron chi connectivity index (χ3n) is 3.93. The van der Waals surface area contributed by atoms with Crippen LogP contribution in [0.1, 0.15) is 5.56 Å². The molecule has 1 aromatic carbocycles. The molecule has 8 heteroatoms. The van der Waals surface area contributed by atoms with Crippen molar-refractivity contribution in [3.05, 3.63) is 42.0 Å². The summed E-state index contributed by atoms with van der Waals surface area (Å²) in [5, 5.41) is 42.0. The minimum Gasteiger partial charge on any atom is -0.388 e. The van der Waals surface area contributed by atoms with Crippen LogP contribution in [0.25, 0.3) is 6.08 Å². The molecule has 1 amide bonds. The fourth-order valence-electron chi connectivity index (χ4n) is 2.50. The summed E-state index contributed by atoms with van der Waals surface area (Å²) in [5.74, 6) is -0.433. The minimum absolute atomic E-state index is 0.209. The second-order valence-electron chi connectivity index (χ2n) is 5.73. The smallest absolute Gasteiger partial charge is 0.244 e. The van der Waals surface area contributed by atoms with Crippen LogP contribution < -0.4 is 5.32 Å². The second-order valence-corrected chi connectivity index (χ2v) is 5.73. The van der Waals surface area contributed by atoms with E-state index in [9.17, 15) is 25.2 Å². The number of aliphatic hydroxyl groups excluding tert-OH is 4. The molecule has 8 nitrogen and oxygen atoms in total. The van der Waals surface area contributed by atoms with Gasteiger partial charge in [-0.05, 0) is 11.6 Å². The molecule has 0 saturated carbocycles. The number of aliphatic hydroxyl groups is 4. The number of benzene rings is 1. The van der Waals surface area contributed by atoms with Gasteiger partial charge in [-0.1, -0.05) is 30.3 Å². The van der Waals surface area contributed by atoms with Crippen LogP contribution in [0.4, 0.5) is 0 Å². The molecule has 1 aliphatic rings. The first kappa shape index (κ1) is 19.5. The number of carbonyl (C=O) groups is 1. The topological polar surface area (TPSA) is 128 Å². The second kappa shape index (κ2) is 9.04. The van der Waals surface area contributed by atoms with Crippen LogP contribution in [0.5, 0.6) is 0 Å². The average molecular weight is 353 g/mol. The Morgan fingerprint density at radius 3 is 2.56 bits per heavy atom. The van der Waals surface area contributed by atoms with Gasteiger partial charge < -0.3 is 35.2 Å². The van der Waals surface area contributed by atoms with Gasteiger partial charge in [-0.3, -0.25) is 4.79 Å². The number of hydrogen-bond donors (Lipinski definition) is 5. The lowest BCUT2D eigenvalue weighted by molar-refractivity contribution is -0.303.